The molecule has 8 heterocycles. The van der Waals surface area contributed by atoms with Crippen LogP contribution >= 0.6 is 22.7 Å². The van der Waals surface area contributed by atoms with E-state index in [1.54, 1.807) is 11.1 Å². The first-order valence-corrected chi connectivity index (χ1v) is 43.2. The summed E-state index contributed by atoms with van der Waals surface area (Å²) in [4.78, 5) is 8.24. The minimum atomic E-state index is -0.184. The Hall–Kier alpha value is -8.89. The molecule has 2 aromatic heterocycles. The predicted molar refractivity (Wildman–Crippen MR) is 452 cm³/mol. The molecule has 0 amide bonds. The topological polar surface area (TPSA) is 40.2 Å². The van der Waals surface area contributed by atoms with E-state index in [9.17, 15) is 0 Å². The van der Waals surface area contributed by atoms with E-state index in [0.717, 1.165) is 76.3 Å². The molecule has 11 heteroatoms. The van der Waals surface area contributed by atoms with Crippen LogP contribution < -0.4 is 77.3 Å². The lowest BCUT2D eigenvalue weighted by Gasteiger charge is -2.57. The van der Waals surface area contributed by atoms with Crippen molar-refractivity contribution in [2.45, 2.75) is 153 Å². The number of thiophene rings is 2. The Labute approximate surface area is 642 Å². The summed E-state index contributed by atoms with van der Waals surface area (Å²) in [7, 11) is 0. The van der Waals surface area contributed by atoms with Crippen LogP contribution in [0.5, 0.6) is 23.0 Å². The van der Waals surface area contributed by atoms with Crippen molar-refractivity contribution in [2.24, 2.45) is 53.3 Å². The predicted octanol–water partition coefficient (Wildman–Crippen LogP) is 19.6. The lowest BCUT2D eigenvalue weighted by Crippen LogP contribution is -2.64. The van der Waals surface area contributed by atoms with E-state index in [2.05, 4.69) is 223 Å². The molecule has 1 N–H and O–H groups in total. The van der Waals surface area contributed by atoms with Crippen LogP contribution in [-0.4, -0.2) is 20.1 Å². The number of nitrogens with zero attached hydrogens (tertiary/aromatic N) is 3. The van der Waals surface area contributed by atoms with Crippen molar-refractivity contribution in [3.8, 4) is 23.0 Å². The van der Waals surface area contributed by atoms with E-state index in [1.807, 2.05) is 22.7 Å². The van der Waals surface area contributed by atoms with Crippen LogP contribution in [0.4, 0.5) is 62.6 Å². The van der Waals surface area contributed by atoms with Gasteiger partial charge in [-0.2, -0.15) is 0 Å². The van der Waals surface area contributed by atoms with Crippen molar-refractivity contribution >= 4 is 173 Å². The van der Waals surface area contributed by atoms with Crippen molar-refractivity contribution in [1.82, 2.24) is 0 Å². The second kappa shape index (κ2) is 21.2. The summed E-state index contributed by atoms with van der Waals surface area (Å²) in [6.45, 7) is 6.79. The lowest BCUT2D eigenvalue weighted by molar-refractivity contribution is -0.00538. The number of hydrogen-bond acceptors (Lipinski definition) is 8. The van der Waals surface area contributed by atoms with Gasteiger partial charge >= 0.3 is 0 Å². The standard InChI is InChI=1S/C97H85B3N4O2S2/c1-52-22-53(2)90(54(3)23-52)104-77-42-82-74(40-72(77)100-88-79(35-65(36-80(88)104)96-46-58-27-59(47-96)29-60(28-58)48-96)103(68-16-8-5-9-17-68)92-70-19-11-13-21-86(70)108-94(92)100)98-73-39-71-75(41-81(73)105-83-37-66(38-84(106-82)89(83)98)97-49-61-30-62(50-97)32-63(31-61)51-97)101-76-33-64(95-43-55-24-56(44-95)26-57(25-55)45-95)34-78-87(76)99(71)93-91(69-18-10-12-20-85(69)107-93)102(78)67-14-6-4-7-15-67/h4-23,33-42,55-63,101H,24-32,43-51H2,1-3H3. The number of rotatable bonds is 6. The van der Waals surface area contributed by atoms with E-state index in [0.29, 0.717) is 0 Å². The van der Waals surface area contributed by atoms with Crippen LogP contribution in [0.15, 0.2) is 182 Å². The summed E-state index contributed by atoms with van der Waals surface area (Å²) in [6, 6.07) is 73.1. The van der Waals surface area contributed by atoms with Gasteiger partial charge in [0.25, 0.3) is 20.1 Å². The molecule has 10 aromatic carbocycles. The average molecular weight is 1440 g/mol. The summed E-state index contributed by atoms with van der Waals surface area (Å²) >= 11 is 4.04. The van der Waals surface area contributed by atoms with Gasteiger partial charge in [0.1, 0.15) is 23.0 Å². The normalized spacial score (nSPS) is 28.9. The van der Waals surface area contributed by atoms with Gasteiger partial charge in [-0.3, -0.25) is 0 Å². The highest BCUT2D eigenvalue weighted by Crippen LogP contribution is 2.66. The number of para-hydroxylation sites is 2. The molecule has 108 heavy (non-hydrogen) atoms. The van der Waals surface area contributed by atoms with Gasteiger partial charge in [0.15, 0.2) is 0 Å². The first-order chi connectivity index (χ1) is 52.9. The number of benzene rings is 10. The van der Waals surface area contributed by atoms with Gasteiger partial charge in [-0.15, -0.1) is 22.7 Å². The SMILES string of the molecule is Cc1cc(C)c(N2c3cc4c(cc3B3c5sc6ccccc6c5N(c5ccccc5)c5cc(C67CC8CC(CC(C8)C6)C7)cc2c53)B2c3cc5c(cc3Oc3cc(C67CC8CC(CC(C8)C6)C7)cc(c32)O4)Nc2cc(C34CC6CC(CC(C6)C3)C4)cc3c2B5c2sc4ccccc4c2N3c2ccccc2)c(C)c1. The molecular weight excluding hydrogens is 1350 g/mol. The molecule has 0 radical (unpaired) electrons. The van der Waals surface area contributed by atoms with Crippen molar-refractivity contribution in [3.05, 3.63) is 215 Å². The maximum Gasteiger partial charge on any atom is 0.264 e. The third kappa shape index (κ3) is 8.13. The number of nitrogens with one attached hydrogen (secondary N) is 1. The summed E-state index contributed by atoms with van der Waals surface area (Å²) in [5.41, 5.74) is 32.3. The van der Waals surface area contributed by atoms with Gasteiger partial charge in [-0.25, -0.2) is 0 Å². The molecule has 0 spiro atoms. The van der Waals surface area contributed by atoms with Crippen molar-refractivity contribution in [1.29, 1.82) is 0 Å². The van der Waals surface area contributed by atoms with Gasteiger partial charge < -0.3 is 29.5 Å². The van der Waals surface area contributed by atoms with Gasteiger partial charge in [-0.1, -0.05) is 103 Å². The Balaban J connectivity index is 0.719. The van der Waals surface area contributed by atoms with E-state index in [1.165, 1.54) is 268 Å². The molecule has 526 valence electrons. The molecular formula is C97H85B3N4O2S2. The van der Waals surface area contributed by atoms with Gasteiger partial charge in [0.2, 0.25) is 0 Å². The van der Waals surface area contributed by atoms with Gasteiger partial charge in [-0.05, 0) is 339 Å². The van der Waals surface area contributed by atoms with Gasteiger partial charge in [0.05, 0.1) is 17.1 Å². The molecule has 6 aliphatic heterocycles. The minimum Gasteiger partial charge on any atom is -0.458 e. The van der Waals surface area contributed by atoms with E-state index < -0.39 is 0 Å². The first-order valence-electron chi connectivity index (χ1n) is 41.6. The summed E-state index contributed by atoms with van der Waals surface area (Å²) in [6.07, 6.45) is 24.4. The fourth-order valence-electron chi connectivity index (χ4n) is 29.0. The van der Waals surface area contributed by atoms with Crippen LogP contribution in [0.1, 0.15) is 149 Å². The first kappa shape index (κ1) is 61.0. The molecule has 12 bridgehead atoms. The summed E-state index contributed by atoms with van der Waals surface area (Å²) < 4.78 is 21.5. The average Bonchev–Trinajstić information content (AvgIpc) is 1.20. The summed E-state index contributed by atoms with van der Waals surface area (Å²) in [5.74, 6) is 11.2. The molecule has 12 aromatic rings. The van der Waals surface area contributed by atoms with Crippen molar-refractivity contribution in [3.63, 3.8) is 0 Å². The molecule has 6 nitrogen and oxygen atoms in total. The zero-order valence-electron chi connectivity index (χ0n) is 62.0. The second-order valence-corrected chi connectivity index (χ2v) is 40.1. The quantitative estimate of drug-likeness (QED) is 0.167. The Morgan fingerprint density at radius 2 is 0.750 bits per heavy atom. The molecule has 0 atom stereocenters. The Bertz CT molecular complexity index is 5930. The molecule has 12 fully saturated rings. The molecule has 12 saturated carbocycles. The van der Waals surface area contributed by atoms with Crippen molar-refractivity contribution < 1.29 is 9.47 Å². The minimum absolute atomic E-state index is 0.0227. The van der Waals surface area contributed by atoms with Crippen LogP contribution in [-0.2, 0) is 16.2 Å². The number of fused-ring (bicyclic) bond motifs is 16. The smallest absolute Gasteiger partial charge is 0.264 e. The second-order valence-electron chi connectivity index (χ2n) is 38.0. The van der Waals surface area contributed by atoms with Crippen LogP contribution in [0.25, 0.3) is 20.2 Å². The van der Waals surface area contributed by atoms with Gasteiger partial charge in [0, 0.05) is 92.8 Å². The fraction of sp³-hybridized carbons (Fsp3) is 0.340. The van der Waals surface area contributed by atoms with E-state index >= 15 is 0 Å². The monoisotopic (exact) mass is 1430 g/mol. The van der Waals surface area contributed by atoms with E-state index in [4.69, 9.17) is 9.47 Å². The Morgan fingerprint density at radius 3 is 1.24 bits per heavy atom. The fourth-order valence-corrected chi connectivity index (χ4v) is 31.6. The number of aryl methyl sites for hydroxylation is 3. The Morgan fingerprint density at radius 1 is 0.343 bits per heavy atom. The van der Waals surface area contributed by atoms with Crippen LogP contribution in [0.3, 0.4) is 0 Å². The van der Waals surface area contributed by atoms with Crippen LogP contribution in [0.2, 0.25) is 0 Å². The van der Waals surface area contributed by atoms with Crippen LogP contribution in [0, 0.1) is 74.0 Å². The number of hydrogen-bond donors (Lipinski definition) is 1. The van der Waals surface area contributed by atoms with Crippen molar-refractivity contribution in [2.75, 3.05) is 20.0 Å². The largest absolute Gasteiger partial charge is 0.458 e. The highest BCUT2D eigenvalue weighted by Gasteiger charge is 2.58. The lowest BCUT2D eigenvalue weighted by atomic mass is 9.30. The zero-order valence-corrected chi connectivity index (χ0v) is 63.6. The molecule has 0 saturated heterocycles. The molecule has 0 unspecified atom stereocenters. The molecule has 18 aliphatic rings. The third-order valence-electron chi connectivity index (χ3n) is 31.5. The summed E-state index contributed by atoms with van der Waals surface area (Å²) in [5, 5.41) is 7.06. The number of ether oxygens (including phenoxy) is 2. The number of anilines is 11. The maximum absolute atomic E-state index is 8.08. The third-order valence-corrected chi connectivity index (χ3v) is 34.0. The molecule has 12 aliphatic carbocycles. The highest BCUT2D eigenvalue weighted by molar-refractivity contribution is 7.34. The van der Waals surface area contributed by atoms with E-state index in [-0.39, 0.29) is 36.4 Å². The maximum atomic E-state index is 8.08. The molecule has 30 rings (SSSR count). The highest BCUT2D eigenvalue weighted by atomic mass is 32.1. The zero-order chi connectivity index (χ0) is 70.3. The Kier molecular flexibility index (Phi) is 11.9.